The van der Waals surface area contributed by atoms with Crippen molar-refractivity contribution in [3.63, 3.8) is 0 Å². The standard InChI is InChI=1S/C10H18N4O/c1-6(2)4-8(11)10(15)13-9-7(3)5-12-14-9/h5-6,8H,4,11H2,1-3H3,(H2,12,13,14,15). The Morgan fingerprint density at radius 1 is 1.67 bits per heavy atom. The highest BCUT2D eigenvalue weighted by Gasteiger charge is 2.16. The van der Waals surface area contributed by atoms with Crippen molar-refractivity contribution in [3.8, 4) is 0 Å². The Labute approximate surface area is 89.4 Å². The maximum absolute atomic E-state index is 11.6. The number of nitrogens with one attached hydrogen (secondary N) is 2. The third-order valence-corrected chi connectivity index (χ3v) is 2.14. The Hall–Kier alpha value is -1.36. The lowest BCUT2D eigenvalue weighted by atomic mass is 10.0. The average Bonchev–Trinajstić information content (AvgIpc) is 2.50. The van der Waals surface area contributed by atoms with E-state index in [0.717, 1.165) is 5.56 Å². The average molecular weight is 210 g/mol. The molecule has 0 aliphatic heterocycles. The zero-order valence-corrected chi connectivity index (χ0v) is 9.37. The number of anilines is 1. The number of aromatic nitrogens is 2. The van der Waals surface area contributed by atoms with E-state index in [4.69, 9.17) is 5.73 Å². The molecule has 15 heavy (non-hydrogen) atoms. The van der Waals surface area contributed by atoms with E-state index in [1.807, 2.05) is 20.8 Å². The second-order valence-electron chi connectivity index (χ2n) is 4.15. The van der Waals surface area contributed by atoms with E-state index in [0.29, 0.717) is 18.2 Å². The monoisotopic (exact) mass is 210 g/mol. The molecule has 1 unspecified atom stereocenters. The molecule has 4 N–H and O–H groups in total. The topological polar surface area (TPSA) is 83.8 Å². The van der Waals surface area contributed by atoms with E-state index in [1.54, 1.807) is 6.20 Å². The van der Waals surface area contributed by atoms with Crippen molar-refractivity contribution in [2.24, 2.45) is 11.7 Å². The Bertz CT molecular complexity index is 332. The number of hydrogen-bond acceptors (Lipinski definition) is 3. The molecular formula is C10H18N4O. The molecule has 0 aliphatic rings. The Morgan fingerprint density at radius 2 is 2.33 bits per heavy atom. The number of aromatic amines is 1. The maximum Gasteiger partial charge on any atom is 0.242 e. The molecule has 0 fully saturated rings. The molecule has 1 heterocycles. The van der Waals surface area contributed by atoms with Crippen LogP contribution in [-0.2, 0) is 4.79 Å². The molecule has 0 radical (unpaired) electrons. The van der Waals surface area contributed by atoms with Gasteiger partial charge in [-0.3, -0.25) is 9.89 Å². The van der Waals surface area contributed by atoms with E-state index in [2.05, 4.69) is 15.5 Å². The quantitative estimate of drug-likeness (QED) is 0.694. The van der Waals surface area contributed by atoms with Crippen LogP contribution in [0.5, 0.6) is 0 Å². The number of rotatable bonds is 4. The van der Waals surface area contributed by atoms with Crippen molar-refractivity contribution in [2.75, 3.05) is 5.32 Å². The smallest absolute Gasteiger partial charge is 0.242 e. The van der Waals surface area contributed by atoms with Crippen LogP contribution in [0, 0.1) is 12.8 Å². The fraction of sp³-hybridized carbons (Fsp3) is 0.600. The van der Waals surface area contributed by atoms with Crippen molar-refractivity contribution in [1.82, 2.24) is 10.2 Å². The van der Waals surface area contributed by atoms with Crippen LogP contribution in [0.4, 0.5) is 5.82 Å². The van der Waals surface area contributed by atoms with Gasteiger partial charge in [0, 0.05) is 5.56 Å². The van der Waals surface area contributed by atoms with Crippen molar-refractivity contribution >= 4 is 11.7 Å². The molecule has 5 nitrogen and oxygen atoms in total. The van der Waals surface area contributed by atoms with E-state index in [1.165, 1.54) is 0 Å². The zero-order valence-electron chi connectivity index (χ0n) is 9.37. The Morgan fingerprint density at radius 3 is 2.80 bits per heavy atom. The number of H-pyrrole nitrogens is 1. The first-order valence-corrected chi connectivity index (χ1v) is 5.07. The van der Waals surface area contributed by atoms with Gasteiger partial charge >= 0.3 is 0 Å². The summed E-state index contributed by atoms with van der Waals surface area (Å²) in [5.74, 6) is 0.865. The fourth-order valence-corrected chi connectivity index (χ4v) is 1.30. The van der Waals surface area contributed by atoms with Crippen molar-refractivity contribution in [3.05, 3.63) is 11.8 Å². The van der Waals surface area contributed by atoms with E-state index in [-0.39, 0.29) is 5.91 Å². The highest BCUT2D eigenvalue weighted by molar-refractivity contribution is 5.94. The summed E-state index contributed by atoms with van der Waals surface area (Å²) in [6.07, 6.45) is 2.34. The van der Waals surface area contributed by atoms with Gasteiger partial charge in [-0.2, -0.15) is 5.10 Å². The lowest BCUT2D eigenvalue weighted by molar-refractivity contribution is -0.117. The highest BCUT2D eigenvalue weighted by Crippen LogP contribution is 2.10. The third-order valence-electron chi connectivity index (χ3n) is 2.14. The first-order chi connectivity index (χ1) is 7.00. The van der Waals surface area contributed by atoms with Gasteiger partial charge in [0.25, 0.3) is 0 Å². The van der Waals surface area contributed by atoms with E-state index >= 15 is 0 Å². The molecule has 1 rings (SSSR count). The number of aryl methyl sites for hydroxylation is 1. The van der Waals surface area contributed by atoms with Crippen LogP contribution >= 0.6 is 0 Å². The Balaban J connectivity index is 2.52. The molecule has 0 aliphatic carbocycles. The minimum Gasteiger partial charge on any atom is -0.320 e. The summed E-state index contributed by atoms with van der Waals surface area (Å²) in [6.45, 7) is 5.94. The van der Waals surface area contributed by atoms with Crippen molar-refractivity contribution in [2.45, 2.75) is 33.2 Å². The minimum atomic E-state index is -0.465. The highest BCUT2D eigenvalue weighted by atomic mass is 16.2. The molecule has 1 aromatic heterocycles. The molecule has 0 saturated heterocycles. The van der Waals surface area contributed by atoms with Gasteiger partial charge in [0.15, 0.2) is 0 Å². The van der Waals surface area contributed by atoms with Crippen molar-refractivity contribution in [1.29, 1.82) is 0 Å². The van der Waals surface area contributed by atoms with Crippen LogP contribution in [0.2, 0.25) is 0 Å². The second-order valence-corrected chi connectivity index (χ2v) is 4.15. The maximum atomic E-state index is 11.6. The predicted octanol–water partition coefficient (Wildman–Crippen LogP) is 1.03. The number of nitrogens with zero attached hydrogens (tertiary/aromatic N) is 1. The number of nitrogens with two attached hydrogens (primary N) is 1. The van der Waals surface area contributed by atoms with Gasteiger partial charge in [0.2, 0.25) is 5.91 Å². The lowest BCUT2D eigenvalue weighted by Crippen LogP contribution is -2.36. The normalized spacial score (nSPS) is 12.9. The van der Waals surface area contributed by atoms with Crippen LogP contribution in [-0.4, -0.2) is 22.1 Å². The summed E-state index contributed by atoms with van der Waals surface area (Å²) in [5.41, 5.74) is 6.64. The van der Waals surface area contributed by atoms with Gasteiger partial charge in [-0.25, -0.2) is 0 Å². The number of carbonyl (C=O) groups excluding carboxylic acids is 1. The first-order valence-electron chi connectivity index (χ1n) is 5.07. The summed E-state index contributed by atoms with van der Waals surface area (Å²) in [4.78, 5) is 11.6. The van der Waals surface area contributed by atoms with Gasteiger partial charge in [0.1, 0.15) is 5.82 Å². The third kappa shape index (κ3) is 3.36. The number of hydrogen-bond donors (Lipinski definition) is 3. The molecular weight excluding hydrogens is 192 g/mol. The fourth-order valence-electron chi connectivity index (χ4n) is 1.30. The van der Waals surface area contributed by atoms with Crippen molar-refractivity contribution < 1.29 is 4.79 Å². The SMILES string of the molecule is Cc1cn[nH]c1NC(=O)C(N)CC(C)C. The van der Waals surface area contributed by atoms with Crippen LogP contribution in [0.3, 0.4) is 0 Å². The van der Waals surface area contributed by atoms with Crippen LogP contribution in [0.25, 0.3) is 0 Å². The molecule has 84 valence electrons. The molecule has 0 spiro atoms. The first kappa shape index (κ1) is 11.7. The molecule has 1 amide bonds. The zero-order chi connectivity index (χ0) is 11.4. The summed E-state index contributed by atoms with van der Waals surface area (Å²) in [7, 11) is 0. The van der Waals surface area contributed by atoms with Crippen LogP contribution in [0.1, 0.15) is 25.8 Å². The number of amides is 1. The van der Waals surface area contributed by atoms with Gasteiger partial charge < -0.3 is 11.1 Å². The summed E-state index contributed by atoms with van der Waals surface area (Å²) in [5, 5.41) is 9.23. The molecule has 0 bridgehead atoms. The molecule has 0 saturated carbocycles. The molecule has 1 aromatic rings. The van der Waals surface area contributed by atoms with Gasteiger partial charge in [-0.15, -0.1) is 0 Å². The second kappa shape index (κ2) is 4.93. The van der Waals surface area contributed by atoms with Gasteiger partial charge in [0.05, 0.1) is 12.2 Å². The predicted molar refractivity (Wildman–Crippen MR) is 59.4 cm³/mol. The van der Waals surface area contributed by atoms with Crippen LogP contribution in [0.15, 0.2) is 6.20 Å². The lowest BCUT2D eigenvalue weighted by Gasteiger charge is -2.13. The summed E-state index contributed by atoms with van der Waals surface area (Å²) >= 11 is 0. The largest absolute Gasteiger partial charge is 0.320 e. The van der Waals surface area contributed by atoms with Gasteiger partial charge in [-0.05, 0) is 19.3 Å². The van der Waals surface area contributed by atoms with E-state index < -0.39 is 6.04 Å². The minimum absolute atomic E-state index is 0.170. The Kier molecular flexibility index (Phi) is 3.85. The number of carbonyl (C=O) groups is 1. The molecule has 0 aromatic carbocycles. The molecule has 5 heteroatoms. The summed E-state index contributed by atoms with van der Waals surface area (Å²) < 4.78 is 0. The summed E-state index contributed by atoms with van der Waals surface area (Å²) in [6, 6.07) is -0.465. The molecule has 1 atom stereocenters. The van der Waals surface area contributed by atoms with Gasteiger partial charge in [-0.1, -0.05) is 13.8 Å². The van der Waals surface area contributed by atoms with Crippen LogP contribution < -0.4 is 11.1 Å². The van der Waals surface area contributed by atoms with E-state index in [9.17, 15) is 4.79 Å².